The van der Waals surface area contributed by atoms with Crippen LogP contribution in [-0.4, -0.2) is 34.6 Å². The minimum atomic E-state index is -1.10. The van der Waals surface area contributed by atoms with E-state index in [1.165, 1.54) is 6.92 Å². The van der Waals surface area contributed by atoms with Crippen LogP contribution in [0, 0.1) is 13.8 Å². The summed E-state index contributed by atoms with van der Waals surface area (Å²) in [5, 5.41) is 5.66. The first kappa shape index (κ1) is 22.9. The molecule has 3 aromatic rings. The van der Waals surface area contributed by atoms with E-state index in [-0.39, 0.29) is 11.1 Å². The lowest BCUT2D eigenvalue weighted by atomic mass is 10.0. The van der Waals surface area contributed by atoms with Gasteiger partial charge in [0.2, 0.25) is 5.91 Å². The van der Waals surface area contributed by atoms with Gasteiger partial charge in [-0.25, -0.2) is 0 Å². The normalized spacial score (nSPS) is 14.4. The van der Waals surface area contributed by atoms with Crippen LogP contribution in [0.25, 0.3) is 0 Å². The molecule has 0 fully saturated rings. The average Bonchev–Trinajstić information content (AvgIpc) is 3.09. The highest BCUT2D eigenvalue weighted by Crippen LogP contribution is 2.26. The molecule has 172 valence electrons. The lowest BCUT2D eigenvalue weighted by Gasteiger charge is -2.25. The minimum Gasteiger partial charge on any atom is -0.339 e. The van der Waals surface area contributed by atoms with Crippen LogP contribution in [0.15, 0.2) is 72.8 Å². The van der Waals surface area contributed by atoms with Crippen LogP contribution < -0.4 is 10.6 Å². The van der Waals surface area contributed by atoms with E-state index in [2.05, 4.69) is 10.6 Å². The van der Waals surface area contributed by atoms with Crippen LogP contribution >= 0.6 is 0 Å². The fraction of sp³-hybridized carbons (Fsp3) is 0.185. The molecule has 0 radical (unpaired) electrons. The lowest BCUT2D eigenvalue weighted by molar-refractivity contribution is -0.129. The molecule has 0 saturated heterocycles. The minimum absolute atomic E-state index is 0.263. The number of anilines is 1. The van der Waals surface area contributed by atoms with Gasteiger partial charge < -0.3 is 10.6 Å². The van der Waals surface area contributed by atoms with Crippen LogP contribution in [0.5, 0.6) is 0 Å². The third-order valence-electron chi connectivity index (χ3n) is 6.00. The Hall–Kier alpha value is -4.26. The molecule has 0 aromatic heterocycles. The summed E-state index contributed by atoms with van der Waals surface area (Å²) < 4.78 is 0. The monoisotopic (exact) mass is 455 g/mol. The zero-order valence-corrected chi connectivity index (χ0v) is 19.2. The molecular weight excluding hydrogens is 430 g/mol. The Labute approximate surface area is 197 Å². The number of hydrogen-bond acceptors (Lipinski definition) is 4. The summed E-state index contributed by atoms with van der Waals surface area (Å²) >= 11 is 0. The zero-order chi connectivity index (χ0) is 24.4. The maximum absolute atomic E-state index is 13.3. The number of benzene rings is 3. The molecule has 4 rings (SSSR count). The van der Waals surface area contributed by atoms with Crippen molar-refractivity contribution in [2.45, 2.75) is 32.9 Å². The van der Waals surface area contributed by atoms with Crippen molar-refractivity contribution >= 4 is 29.3 Å². The number of imide groups is 1. The van der Waals surface area contributed by atoms with Gasteiger partial charge in [-0.2, -0.15) is 0 Å². The predicted molar refractivity (Wildman–Crippen MR) is 128 cm³/mol. The van der Waals surface area contributed by atoms with Gasteiger partial charge in [0, 0.05) is 5.69 Å². The summed E-state index contributed by atoms with van der Waals surface area (Å²) in [5.41, 5.74) is 3.57. The summed E-state index contributed by atoms with van der Waals surface area (Å²) in [6.45, 7) is 5.26. The number of carbonyl (C=O) groups is 4. The first-order valence-corrected chi connectivity index (χ1v) is 11.0. The molecule has 0 saturated carbocycles. The number of aryl methyl sites for hydroxylation is 2. The van der Waals surface area contributed by atoms with Gasteiger partial charge in [-0.1, -0.05) is 60.7 Å². The highest BCUT2D eigenvalue weighted by atomic mass is 16.2. The Bertz CT molecular complexity index is 1230. The topological polar surface area (TPSA) is 95.6 Å². The second kappa shape index (κ2) is 9.31. The van der Waals surface area contributed by atoms with E-state index in [1.54, 1.807) is 48.5 Å². The summed E-state index contributed by atoms with van der Waals surface area (Å²) in [4.78, 5) is 53.1. The number of rotatable bonds is 6. The molecular formula is C27H25N3O4. The molecule has 0 spiro atoms. The van der Waals surface area contributed by atoms with Crippen LogP contribution in [-0.2, 0) is 9.59 Å². The molecule has 3 aromatic carbocycles. The van der Waals surface area contributed by atoms with Gasteiger partial charge in [0.1, 0.15) is 12.1 Å². The van der Waals surface area contributed by atoms with Gasteiger partial charge >= 0.3 is 0 Å². The van der Waals surface area contributed by atoms with E-state index in [0.29, 0.717) is 11.3 Å². The molecule has 1 aliphatic rings. The number of hydrogen-bond donors (Lipinski definition) is 2. The Kier molecular flexibility index (Phi) is 6.27. The smallest absolute Gasteiger partial charge is 0.262 e. The van der Waals surface area contributed by atoms with Crippen LogP contribution in [0.4, 0.5) is 5.69 Å². The van der Waals surface area contributed by atoms with Crippen molar-refractivity contribution in [3.8, 4) is 0 Å². The molecule has 2 atom stereocenters. The maximum atomic E-state index is 13.3. The summed E-state index contributed by atoms with van der Waals surface area (Å²) in [7, 11) is 0. The number of carbonyl (C=O) groups excluding carboxylic acids is 4. The molecule has 7 heteroatoms. The molecule has 7 nitrogen and oxygen atoms in total. The van der Waals surface area contributed by atoms with Crippen molar-refractivity contribution in [1.29, 1.82) is 0 Å². The van der Waals surface area contributed by atoms with E-state index in [0.717, 1.165) is 16.0 Å². The summed E-state index contributed by atoms with van der Waals surface area (Å²) in [6, 6.07) is 18.8. The Morgan fingerprint density at radius 3 is 1.82 bits per heavy atom. The van der Waals surface area contributed by atoms with Gasteiger partial charge in [0.05, 0.1) is 11.1 Å². The van der Waals surface area contributed by atoms with Crippen molar-refractivity contribution in [3.63, 3.8) is 0 Å². The number of amides is 4. The molecule has 0 unspecified atom stereocenters. The zero-order valence-electron chi connectivity index (χ0n) is 19.2. The van der Waals surface area contributed by atoms with Gasteiger partial charge in [-0.3, -0.25) is 24.1 Å². The summed E-state index contributed by atoms with van der Waals surface area (Å²) in [6.07, 6.45) is 0. The quantitative estimate of drug-likeness (QED) is 0.553. The van der Waals surface area contributed by atoms with Crippen molar-refractivity contribution in [3.05, 3.63) is 101 Å². The maximum Gasteiger partial charge on any atom is 0.262 e. The molecule has 2 N–H and O–H groups in total. The van der Waals surface area contributed by atoms with Crippen LogP contribution in [0.1, 0.15) is 50.4 Å². The van der Waals surface area contributed by atoms with Crippen molar-refractivity contribution < 1.29 is 19.2 Å². The van der Waals surface area contributed by atoms with Gasteiger partial charge in [0.25, 0.3) is 17.7 Å². The first-order valence-electron chi connectivity index (χ1n) is 11.0. The van der Waals surface area contributed by atoms with E-state index >= 15 is 0 Å². The van der Waals surface area contributed by atoms with E-state index in [1.807, 2.05) is 38.1 Å². The van der Waals surface area contributed by atoms with Crippen molar-refractivity contribution in [2.24, 2.45) is 0 Å². The molecule has 0 aliphatic carbocycles. The molecule has 34 heavy (non-hydrogen) atoms. The van der Waals surface area contributed by atoms with Crippen LogP contribution in [0.3, 0.4) is 0 Å². The third kappa shape index (κ3) is 4.20. The fourth-order valence-electron chi connectivity index (χ4n) is 4.09. The molecule has 0 bridgehead atoms. The molecule has 1 heterocycles. The Morgan fingerprint density at radius 1 is 0.735 bits per heavy atom. The van der Waals surface area contributed by atoms with Gasteiger partial charge in [-0.15, -0.1) is 0 Å². The molecule has 1 aliphatic heterocycles. The summed E-state index contributed by atoms with van der Waals surface area (Å²) in [5.74, 6) is -2.09. The first-order chi connectivity index (χ1) is 16.3. The Balaban J connectivity index is 1.59. The number of para-hydroxylation sites is 1. The van der Waals surface area contributed by atoms with E-state index in [4.69, 9.17) is 0 Å². The third-order valence-corrected chi connectivity index (χ3v) is 6.00. The molecule has 4 amide bonds. The highest BCUT2D eigenvalue weighted by Gasteiger charge is 2.41. The average molecular weight is 456 g/mol. The second-order valence-corrected chi connectivity index (χ2v) is 8.31. The van der Waals surface area contributed by atoms with Gasteiger partial charge in [-0.05, 0) is 49.6 Å². The number of nitrogens with zero attached hydrogens (tertiary/aromatic N) is 1. The number of fused-ring (bicyclic) bond motifs is 1. The van der Waals surface area contributed by atoms with E-state index in [9.17, 15) is 19.2 Å². The SMILES string of the molecule is Cc1cccc(C)c1NC(=O)[C@H](NC(=O)[C@@H](C)N1C(=O)c2ccccc2C1=O)c1ccccc1. The fourth-order valence-corrected chi connectivity index (χ4v) is 4.09. The lowest BCUT2D eigenvalue weighted by Crippen LogP contribution is -2.50. The standard InChI is InChI=1S/C27H25N3O4/c1-16-10-9-11-17(2)22(16)28-25(32)23(19-12-5-4-6-13-19)29-24(31)18(3)30-26(33)20-14-7-8-15-21(20)27(30)34/h4-15,18,23H,1-3H3,(H,28,32)(H,29,31)/t18-,23-/m1/s1. The highest BCUT2D eigenvalue weighted by molar-refractivity contribution is 6.22. The van der Waals surface area contributed by atoms with Crippen molar-refractivity contribution in [1.82, 2.24) is 10.2 Å². The predicted octanol–water partition coefficient (Wildman–Crippen LogP) is 3.78. The van der Waals surface area contributed by atoms with Crippen LogP contribution in [0.2, 0.25) is 0 Å². The largest absolute Gasteiger partial charge is 0.339 e. The Morgan fingerprint density at radius 2 is 1.26 bits per heavy atom. The van der Waals surface area contributed by atoms with Crippen molar-refractivity contribution in [2.75, 3.05) is 5.32 Å². The van der Waals surface area contributed by atoms with Gasteiger partial charge in [0.15, 0.2) is 0 Å². The second-order valence-electron chi connectivity index (χ2n) is 8.31. The number of nitrogens with one attached hydrogen (secondary N) is 2. The van der Waals surface area contributed by atoms with E-state index < -0.39 is 35.7 Å².